The Labute approximate surface area is 141 Å². The molecule has 2 aromatic heterocycles. The van der Waals surface area contributed by atoms with E-state index in [4.69, 9.17) is 0 Å². The predicted octanol–water partition coefficient (Wildman–Crippen LogP) is 2.91. The zero-order valence-corrected chi connectivity index (χ0v) is 15.4. The highest BCUT2D eigenvalue weighted by Crippen LogP contribution is 2.31. The smallest absolute Gasteiger partial charge is 0.261 e. The van der Waals surface area contributed by atoms with Gasteiger partial charge in [0.05, 0.1) is 10.6 Å². The number of halogens is 1. The largest absolute Gasteiger partial charge is 0.350 e. The lowest BCUT2D eigenvalue weighted by Crippen LogP contribution is -2.38. The molecule has 0 fully saturated rings. The van der Waals surface area contributed by atoms with Crippen molar-refractivity contribution in [2.75, 3.05) is 13.1 Å². The summed E-state index contributed by atoms with van der Waals surface area (Å²) in [6, 6.07) is 2.25. The van der Waals surface area contributed by atoms with Crippen molar-refractivity contribution in [3.05, 3.63) is 16.6 Å². The van der Waals surface area contributed by atoms with Gasteiger partial charge in [-0.2, -0.15) is 5.10 Å². The second-order valence-electron chi connectivity index (χ2n) is 5.66. The summed E-state index contributed by atoms with van der Waals surface area (Å²) in [4.78, 5) is 14.1. The van der Waals surface area contributed by atoms with E-state index in [1.54, 1.807) is 0 Å². The summed E-state index contributed by atoms with van der Waals surface area (Å²) >= 11 is 1.50. The number of carbonyl (C=O) groups is 1. The zero-order chi connectivity index (χ0) is 15.6. The van der Waals surface area contributed by atoms with E-state index in [0.717, 1.165) is 27.3 Å². The van der Waals surface area contributed by atoms with Crippen LogP contribution < -0.4 is 10.6 Å². The molecule has 2 rings (SSSR count). The lowest BCUT2D eigenvalue weighted by Gasteiger charge is -2.12. The zero-order valence-electron chi connectivity index (χ0n) is 13.8. The minimum Gasteiger partial charge on any atom is -0.350 e. The van der Waals surface area contributed by atoms with Crippen LogP contribution in [0, 0.1) is 0 Å². The van der Waals surface area contributed by atoms with Gasteiger partial charge in [-0.3, -0.25) is 9.48 Å². The van der Waals surface area contributed by atoms with Gasteiger partial charge < -0.3 is 10.6 Å². The average Bonchev–Trinajstić information content (AvgIpc) is 2.97. The lowest BCUT2D eigenvalue weighted by molar-refractivity contribution is 0.0954. The van der Waals surface area contributed by atoms with E-state index in [2.05, 4.69) is 43.4 Å². The van der Waals surface area contributed by atoms with E-state index >= 15 is 0 Å². The molecule has 0 bridgehead atoms. The van der Waals surface area contributed by atoms with Gasteiger partial charge in [-0.1, -0.05) is 20.8 Å². The Bertz CT molecular complexity index is 635. The van der Waals surface area contributed by atoms with Gasteiger partial charge in [0.15, 0.2) is 0 Å². The SMILES string of the molecule is CCN[C@H](C)CNC(=O)c1cc2c(C(C)C)nn(C)c2s1.Cl. The molecule has 0 saturated carbocycles. The Hall–Kier alpha value is -1.11. The first-order valence-electron chi connectivity index (χ1n) is 7.42. The first kappa shape index (κ1) is 18.9. The summed E-state index contributed by atoms with van der Waals surface area (Å²) in [6.45, 7) is 9.91. The van der Waals surface area contributed by atoms with Crippen molar-refractivity contribution >= 4 is 39.9 Å². The molecule has 5 nitrogen and oxygen atoms in total. The van der Waals surface area contributed by atoms with Crippen LogP contribution in [0.5, 0.6) is 0 Å². The third-order valence-electron chi connectivity index (χ3n) is 3.43. The van der Waals surface area contributed by atoms with Gasteiger partial charge >= 0.3 is 0 Å². The Kier molecular flexibility index (Phi) is 6.84. The molecule has 2 N–H and O–H groups in total. The van der Waals surface area contributed by atoms with Crippen LogP contribution in [0.2, 0.25) is 0 Å². The van der Waals surface area contributed by atoms with Crippen LogP contribution in [0.1, 0.15) is 49.0 Å². The van der Waals surface area contributed by atoms with Crippen LogP contribution >= 0.6 is 23.7 Å². The van der Waals surface area contributed by atoms with Gasteiger partial charge in [0.2, 0.25) is 0 Å². The van der Waals surface area contributed by atoms with E-state index in [1.165, 1.54) is 11.3 Å². The molecule has 124 valence electrons. The van der Waals surface area contributed by atoms with Crippen LogP contribution in [0.4, 0.5) is 0 Å². The number of likely N-dealkylation sites (N-methyl/N-ethyl adjacent to an activating group) is 1. The number of rotatable bonds is 6. The molecule has 22 heavy (non-hydrogen) atoms. The summed E-state index contributed by atoms with van der Waals surface area (Å²) in [7, 11) is 1.93. The first-order chi connectivity index (χ1) is 9.93. The standard InChI is InChI=1S/C15H24N4OS.ClH/c1-6-16-10(4)8-17-14(20)12-7-11-13(9(2)3)18-19(5)15(11)21-12;/h7,9-10,16H,6,8H2,1-5H3,(H,17,20);1H/t10-;/m1./s1. The summed E-state index contributed by atoms with van der Waals surface area (Å²) in [6.07, 6.45) is 0. The third kappa shape index (κ3) is 4.00. The fraction of sp³-hybridized carbons (Fsp3) is 0.600. The molecule has 0 radical (unpaired) electrons. The van der Waals surface area contributed by atoms with Gasteiger partial charge in [-0.05, 0) is 25.5 Å². The minimum atomic E-state index is -0.00402. The summed E-state index contributed by atoms with van der Waals surface area (Å²) in [5.74, 6) is 0.351. The molecule has 2 aromatic rings. The van der Waals surface area contributed by atoms with Crippen molar-refractivity contribution in [1.82, 2.24) is 20.4 Å². The second kappa shape index (κ2) is 7.94. The van der Waals surface area contributed by atoms with Crippen molar-refractivity contribution in [1.29, 1.82) is 0 Å². The van der Waals surface area contributed by atoms with Crippen molar-refractivity contribution in [3.8, 4) is 0 Å². The van der Waals surface area contributed by atoms with E-state index in [9.17, 15) is 4.79 Å². The minimum absolute atomic E-state index is 0. The number of nitrogens with zero attached hydrogens (tertiary/aromatic N) is 2. The molecule has 1 amide bonds. The highest BCUT2D eigenvalue weighted by Gasteiger charge is 2.18. The van der Waals surface area contributed by atoms with Gasteiger partial charge in [0.1, 0.15) is 4.83 Å². The molecule has 0 unspecified atom stereocenters. The molecule has 0 aliphatic carbocycles. The Balaban J connectivity index is 0.00000242. The average molecular weight is 345 g/mol. The molecule has 1 atom stereocenters. The fourth-order valence-corrected chi connectivity index (χ4v) is 3.35. The number of hydrogen-bond donors (Lipinski definition) is 2. The number of aromatic nitrogens is 2. The van der Waals surface area contributed by atoms with E-state index in [0.29, 0.717) is 12.5 Å². The molecule has 0 aliphatic heterocycles. The van der Waals surface area contributed by atoms with Gasteiger partial charge in [0.25, 0.3) is 5.91 Å². The Morgan fingerprint density at radius 2 is 2.09 bits per heavy atom. The molecule has 0 aliphatic rings. The molecule has 0 spiro atoms. The summed E-state index contributed by atoms with van der Waals surface area (Å²) in [5.41, 5.74) is 1.06. The number of amides is 1. The highest BCUT2D eigenvalue weighted by atomic mass is 35.5. The number of hydrogen-bond acceptors (Lipinski definition) is 4. The van der Waals surface area contributed by atoms with Crippen LogP contribution in [0.25, 0.3) is 10.2 Å². The Morgan fingerprint density at radius 1 is 1.41 bits per heavy atom. The van der Waals surface area contributed by atoms with Gasteiger partial charge in [-0.15, -0.1) is 23.7 Å². The normalized spacial score (nSPS) is 12.5. The van der Waals surface area contributed by atoms with Crippen molar-refractivity contribution in [2.24, 2.45) is 7.05 Å². The predicted molar refractivity (Wildman–Crippen MR) is 95.4 cm³/mol. The molecule has 0 saturated heterocycles. The van der Waals surface area contributed by atoms with Crippen LogP contribution in [-0.4, -0.2) is 34.8 Å². The van der Waals surface area contributed by atoms with Crippen molar-refractivity contribution in [3.63, 3.8) is 0 Å². The monoisotopic (exact) mass is 344 g/mol. The maximum absolute atomic E-state index is 12.3. The highest BCUT2D eigenvalue weighted by molar-refractivity contribution is 7.20. The molecule has 0 aromatic carbocycles. The number of carbonyl (C=O) groups excluding carboxylic acids is 1. The van der Waals surface area contributed by atoms with Crippen LogP contribution in [0.3, 0.4) is 0 Å². The quantitative estimate of drug-likeness (QED) is 0.847. The van der Waals surface area contributed by atoms with Crippen molar-refractivity contribution < 1.29 is 4.79 Å². The summed E-state index contributed by atoms with van der Waals surface area (Å²) < 4.78 is 1.87. The first-order valence-corrected chi connectivity index (χ1v) is 8.23. The van der Waals surface area contributed by atoms with E-state index in [-0.39, 0.29) is 24.4 Å². The third-order valence-corrected chi connectivity index (χ3v) is 4.63. The van der Waals surface area contributed by atoms with Gasteiger partial charge in [0, 0.05) is 25.0 Å². The Morgan fingerprint density at radius 3 is 2.68 bits per heavy atom. The second-order valence-corrected chi connectivity index (χ2v) is 6.69. The number of fused-ring (bicyclic) bond motifs is 1. The molecule has 2 heterocycles. The molecular formula is C15H25ClN4OS. The number of thiophene rings is 1. The topological polar surface area (TPSA) is 58.9 Å². The summed E-state index contributed by atoms with van der Waals surface area (Å²) in [5, 5.41) is 11.9. The van der Waals surface area contributed by atoms with Gasteiger partial charge in [-0.25, -0.2) is 0 Å². The van der Waals surface area contributed by atoms with E-state index in [1.807, 2.05) is 17.8 Å². The number of nitrogens with one attached hydrogen (secondary N) is 2. The van der Waals surface area contributed by atoms with E-state index < -0.39 is 0 Å². The maximum atomic E-state index is 12.3. The number of aryl methyl sites for hydroxylation is 1. The van der Waals surface area contributed by atoms with Crippen LogP contribution in [-0.2, 0) is 7.05 Å². The van der Waals surface area contributed by atoms with Crippen molar-refractivity contribution in [2.45, 2.75) is 39.7 Å². The molecule has 7 heteroatoms. The lowest BCUT2D eigenvalue weighted by atomic mass is 10.1. The van der Waals surface area contributed by atoms with Crippen LogP contribution in [0.15, 0.2) is 6.07 Å². The molecular weight excluding hydrogens is 320 g/mol. The maximum Gasteiger partial charge on any atom is 0.261 e. The fourth-order valence-electron chi connectivity index (χ4n) is 2.36.